The highest BCUT2D eigenvalue weighted by Crippen LogP contribution is 2.42. The minimum Gasteiger partial charge on any atom is -0.373 e. The first-order valence-electron chi connectivity index (χ1n) is 6.41. The van der Waals surface area contributed by atoms with Crippen LogP contribution in [0.25, 0.3) is 0 Å². The number of ether oxygens (including phenoxy) is 1. The van der Waals surface area contributed by atoms with E-state index in [1.54, 1.807) is 7.11 Å². The van der Waals surface area contributed by atoms with Crippen LogP contribution in [0.15, 0.2) is 6.20 Å². The molecule has 1 saturated carbocycles. The van der Waals surface area contributed by atoms with Crippen LogP contribution in [-0.4, -0.2) is 17.1 Å². The lowest BCUT2D eigenvalue weighted by Crippen LogP contribution is -2.23. The molecule has 2 rings (SSSR count). The van der Waals surface area contributed by atoms with E-state index in [0.29, 0.717) is 5.92 Å². The van der Waals surface area contributed by atoms with Crippen LogP contribution in [0.1, 0.15) is 62.7 Å². The Hall–Kier alpha value is -0.480. The lowest BCUT2D eigenvalue weighted by Gasteiger charge is -2.28. The minimum absolute atomic E-state index is 0.00545. The van der Waals surface area contributed by atoms with Gasteiger partial charge in [-0.1, -0.05) is 36.7 Å². The maximum atomic E-state index is 5.59. The fourth-order valence-electron chi connectivity index (χ4n) is 2.22. The van der Waals surface area contributed by atoms with Crippen molar-refractivity contribution in [1.82, 2.24) is 9.97 Å². The Morgan fingerprint density at radius 3 is 2.56 bits per heavy atom. The molecule has 0 N–H and O–H groups in total. The molecule has 1 atom stereocenters. The zero-order valence-electron chi connectivity index (χ0n) is 11.5. The largest absolute Gasteiger partial charge is 0.373 e. The lowest BCUT2D eigenvalue weighted by molar-refractivity contribution is 0.00847. The van der Waals surface area contributed by atoms with Gasteiger partial charge in [-0.15, -0.1) is 0 Å². The molecule has 1 heterocycles. The van der Waals surface area contributed by atoms with Gasteiger partial charge in [0.15, 0.2) is 5.82 Å². The van der Waals surface area contributed by atoms with Gasteiger partial charge in [-0.05, 0) is 18.3 Å². The van der Waals surface area contributed by atoms with Crippen LogP contribution in [0.2, 0.25) is 0 Å². The van der Waals surface area contributed by atoms with Crippen molar-refractivity contribution in [3.05, 3.63) is 23.3 Å². The van der Waals surface area contributed by atoms with Gasteiger partial charge in [0.05, 0.1) is 5.69 Å². The molecule has 1 aliphatic rings. The molecule has 0 aromatic carbocycles. The predicted octanol–water partition coefficient (Wildman–Crippen LogP) is 3.98. The lowest BCUT2D eigenvalue weighted by atomic mass is 9.88. The van der Waals surface area contributed by atoms with Crippen LogP contribution in [0.4, 0.5) is 0 Å². The average molecular weight is 313 g/mol. The quantitative estimate of drug-likeness (QED) is 0.789. The maximum Gasteiger partial charge on any atom is 0.157 e. The second kappa shape index (κ2) is 5.25. The molecule has 100 valence electrons. The highest BCUT2D eigenvalue weighted by atomic mass is 79.9. The minimum atomic E-state index is -0.0561. The van der Waals surface area contributed by atoms with Crippen LogP contribution in [0, 0.1) is 5.41 Å². The summed E-state index contributed by atoms with van der Waals surface area (Å²) in [5.41, 5.74) is 2.43. The predicted molar refractivity (Wildman–Crippen MR) is 75.8 cm³/mol. The highest BCUT2D eigenvalue weighted by molar-refractivity contribution is 9.08. The Kier molecular flexibility index (Phi) is 4.07. The van der Waals surface area contributed by atoms with E-state index in [2.05, 4.69) is 41.7 Å². The Labute approximate surface area is 117 Å². The van der Waals surface area contributed by atoms with Gasteiger partial charge in [0.1, 0.15) is 6.10 Å². The van der Waals surface area contributed by atoms with Crippen LogP contribution < -0.4 is 0 Å². The van der Waals surface area contributed by atoms with Crippen LogP contribution >= 0.6 is 15.9 Å². The van der Waals surface area contributed by atoms with E-state index in [1.807, 2.05) is 6.20 Å². The number of methoxy groups -OCH3 is 1. The number of rotatable bonds is 4. The van der Waals surface area contributed by atoms with E-state index in [9.17, 15) is 0 Å². The van der Waals surface area contributed by atoms with Crippen molar-refractivity contribution in [3.8, 4) is 0 Å². The summed E-state index contributed by atoms with van der Waals surface area (Å²) in [6, 6.07) is 0. The first kappa shape index (κ1) is 13.9. The number of alkyl halides is 1. The van der Waals surface area contributed by atoms with Crippen molar-refractivity contribution in [2.75, 3.05) is 7.11 Å². The summed E-state index contributed by atoms with van der Waals surface area (Å²) in [5.74, 6) is 1.45. The third-order valence-electron chi connectivity index (χ3n) is 3.28. The van der Waals surface area contributed by atoms with Crippen molar-refractivity contribution < 1.29 is 4.74 Å². The Morgan fingerprint density at radius 1 is 1.44 bits per heavy atom. The average Bonchev–Trinajstić information content (AvgIpc) is 3.11. The van der Waals surface area contributed by atoms with E-state index >= 15 is 0 Å². The molecule has 1 fully saturated rings. The summed E-state index contributed by atoms with van der Waals surface area (Å²) < 4.78 is 5.59. The van der Waals surface area contributed by atoms with Gasteiger partial charge in [0, 0.05) is 30.1 Å². The van der Waals surface area contributed by atoms with Crippen molar-refractivity contribution >= 4 is 15.9 Å². The monoisotopic (exact) mass is 312 g/mol. The summed E-state index contributed by atoms with van der Waals surface area (Å²) in [4.78, 5) is 9.27. The van der Waals surface area contributed by atoms with Crippen LogP contribution in [-0.2, 0) is 10.1 Å². The van der Waals surface area contributed by atoms with Gasteiger partial charge in [-0.25, -0.2) is 9.97 Å². The first-order valence-corrected chi connectivity index (χ1v) is 7.54. The second-order valence-electron chi connectivity index (χ2n) is 6.03. The Bertz CT molecular complexity index is 424. The molecule has 0 saturated heterocycles. The number of hydrogen-bond acceptors (Lipinski definition) is 3. The topological polar surface area (TPSA) is 35.0 Å². The van der Waals surface area contributed by atoms with Gasteiger partial charge < -0.3 is 4.74 Å². The Balaban J connectivity index is 2.36. The van der Waals surface area contributed by atoms with Gasteiger partial charge >= 0.3 is 0 Å². The van der Waals surface area contributed by atoms with E-state index < -0.39 is 0 Å². The van der Waals surface area contributed by atoms with Crippen molar-refractivity contribution in [1.29, 1.82) is 0 Å². The third-order valence-corrected chi connectivity index (χ3v) is 3.89. The Morgan fingerprint density at radius 2 is 2.11 bits per heavy atom. The van der Waals surface area contributed by atoms with Crippen LogP contribution in [0.5, 0.6) is 0 Å². The van der Waals surface area contributed by atoms with E-state index in [1.165, 1.54) is 24.1 Å². The summed E-state index contributed by atoms with van der Waals surface area (Å²) in [6.45, 7) is 6.46. The molecule has 0 bridgehead atoms. The number of aromatic nitrogens is 2. The maximum absolute atomic E-state index is 5.59. The molecular weight excluding hydrogens is 292 g/mol. The SMILES string of the molecule is COC(c1ncc(CBr)c(C2CC2)n1)C(C)(C)C. The molecule has 0 spiro atoms. The fraction of sp³-hybridized carbons (Fsp3) is 0.714. The normalized spacial score (nSPS) is 17.8. The van der Waals surface area contributed by atoms with Gasteiger partial charge in [0.25, 0.3) is 0 Å². The molecule has 0 amide bonds. The number of nitrogens with zero attached hydrogens (tertiary/aromatic N) is 2. The highest BCUT2D eigenvalue weighted by Gasteiger charge is 2.32. The molecule has 1 aliphatic carbocycles. The fourth-order valence-corrected chi connectivity index (χ4v) is 2.65. The number of hydrogen-bond donors (Lipinski definition) is 0. The molecule has 4 heteroatoms. The van der Waals surface area contributed by atoms with Crippen molar-refractivity contribution in [2.24, 2.45) is 5.41 Å². The second-order valence-corrected chi connectivity index (χ2v) is 6.59. The molecule has 1 aromatic heterocycles. The summed E-state index contributed by atoms with van der Waals surface area (Å²) in [5, 5.41) is 0.826. The summed E-state index contributed by atoms with van der Waals surface area (Å²) >= 11 is 3.51. The van der Waals surface area contributed by atoms with Gasteiger partial charge in [-0.3, -0.25) is 0 Å². The van der Waals surface area contributed by atoms with E-state index in [4.69, 9.17) is 9.72 Å². The molecule has 0 aliphatic heterocycles. The summed E-state index contributed by atoms with van der Waals surface area (Å²) in [7, 11) is 1.73. The molecule has 1 unspecified atom stereocenters. The standard InChI is InChI=1S/C14H21BrN2O/c1-14(2,3)12(18-4)13-16-8-10(7-15)11(17-13)9-5-6-9/h8-9,12H,5-7H2,1-4H3. The number of halogens is 1. The van der Waals surface area contributed by atoms with Crippen molar-refractivity contribution in [3.63, 3.8) is 0 Å². The van der Waals surface area contributed by atoms with Crippen molar-refractivity contribution in [2.45, 2.75) is 51.0 Å². The molecule has 3 nitrogen and oxygen atoms in total. The molecular formula is C14H21BrN2O. The van der Waals surface area contributed by atoms with Crippen LogP contribution in [0.3, 0.4) is 0 Å². The molecule has 18 heavy (non-hydrogen) atoms. The third kappa shape index (κ3) is 2.91. The van der Waals surface area contributed by atoms with E-state index in [-0.39, 0.29) is 11.5 Å². The zero-order chi connectivity index (χ0) is 13.3. The summed E-state index contributed by atoms with van der Waals surface area (Å²) in [6.07, 6.45) is 4.40. The van der Waals surface area contributed by atoms with E-state index in [0.717, 1.165) is 11.2 Å². The molecule has 1 aromatic rings. The first-order chi connectivity index (χ1) is 8.47. The van der Waals surface area contributed by atoms with Gasteiger partial charge in [-0.2, -0.15) is 0 Å². The zero-order valence-corrected chi connectivity index (χ0v) is 13.1. The molecule has 0 radical (unpaired) electrons. The van der Waals surface area contributed by atoms with Gasteiger partial charge in [0.2, 0.25) is 0 Å². The smallest absolute Gasteiger partial charge is 0.157 e.